The molecule has 0 spiro atoms. The van der Waals surface area contributed by atoms with E-state index < -0.39 is 12.1 Å². The number of nitrogens with two attached hydrogens (primary N) is 2. The fraction of sp³-hybridized carbons (Fsp3) is 0.667. The van der Waals surface area contributed by atoms with Gasteiger partial charge in [-0.1, -0.05) is 0 Å². The summed E-state index contributed by atoms with van der Waals surface area (Å²) in [6.45, 7) is -0.324. The standard InChI is InChI=1S/C3H7FN2O/c4-2(1-5)3(6)7/h2H,1,5H2,(H2,6,7). The van der Waals surface area contributed by atoms with E-state index in [1.807, 2.05) is 0 Å². The second-order valence-electron chi connectivity index (χ2n) is 1.11. The van der Waals surface area contributed by atoms with Crippen LogP contribution in [0.4, 0.5) is 4.39 Å². The van der Waals surface area contributed by atoms with Crippen LogP contribution in [-0.4, -0.2) is 18.6 Å². The molecule has 0 fully saturated rings. The first-order chi connectivity index (χ1) is 3.18. The van der Waals surface area contributed by atoms with Gasteiger partial charge in [-0.2, -0.15) is 0 Å². The third-order valence-corrected chi connectivity index (χ3v) is 0.516. The van der Waals surface area contributed by atoms with Crippen LogP contribution in [0.2, 0.25) is 0 Å². The Hall–Kier alpha value is -0.640. The van der Waals surface area contributed by atoms with E-state index >= 15 is 0 Å². The molecule has 0 aromatic heterocycles. The molecule has 0 aliphatic rings. The van der Waals surface area contributed by atoms with Crippen molar-refractivity contribution in [3.8, 4) is 0 Å². The molecule has 0 radical (unpaired) electrons. The van der Waals surface area contributed by atoms with Gasteiger partial charge < -0.3 is 11.5 Å². The summed E-state index contributed by atoms with van der Waals surface area (Å²) in [4.78, 5) is 9.70. The van der Waals surface area contributed by atoms with Crippen LogP contribution in [0.15, 0.2) is 0 Å². The lowest BCUT2D eigenvalue weighted by Gasteiger charge is -1.94. The Bertz CT molecular complexity index is 75.3. The van der Waals surface area contributed by atoms with Crippen molar-refractivity contribution in [3.63, 3.8) is 0 Å². The highest BCUT2D eigenvalue weighted by atomic mass is 19.1. The molecular weight excluding hydrogens is 99.0 g/mol. The number of hydrogen-bond acceptors (Lipinski definition) is 2. The zero-order valence-corrected chi connectivity index (χ0v) is 3.73. The maximum atomic E-state index is 11.7. The van der Waals surface area contributed by atoms with Gasteiger partial charge in [0, 0.05) is 6.54 Å². The zero-order valence-electron chi connectivity index (χ0n) is 3.73. The number of alkyl halides is 1. The summed E-state index contributed by atoms with van der Waals surface area (Å²) in [5, 5.41) is 0. The molecule has 1 amide bonds. The second kappa shape index (κ2) is 2.52. The molecule has 0 heterocycles. The second-order valence-corrected chi connectivity index (χ2v) is 1.11. The van der Waals surface area contributed by atoms with E-state index in [9.17, 15) is 9.18 Å². The molecule has 42 valence electrons. The van der Waals surface area contributed by atoms with Crippen molar-refractivity contribution in [2.75, 3.05) is 6.54 Å². The minimum atomic E-state index is -1.68. The first-order valence-corrected chi connectivity index (χ1v) is 1.82. The molecule has 0 aromatic rings. The van der Waals surface area contributed by atoms with Crippen LogP contribution in [0.25, 0.3) is 0 Å². The molecule has 7 heavy (non-hydrogen) atoms. The van der Waals surface area contributed by atoms with Crippen molar-refractivity contribution in [1.29, 1.82) is 0 Å². The van der Waals surface area contributed by atoms with Gasteiger partial charge in [-0.15, -0.1) is 0 Å². The number of amides is 1. The molecule has 0 saturated carbocycles. The van der Waals surface area contributed by atoms with Crippen LogP contribution in [0.3, 0.4) is 0 Å². The van der Waals surface area contributed by atoms with E-state index in [4.69, 9.17) is 5.73 Å². The van der Waals surface area contributed by atoms with Crippen LogP contribution in [0, 0.1) is 0 Å². The Morgan fingerprint density at radius 1 is 1.86 bits per heavy atom. The molecule has 0 saturated heterocycles. The Labute approximate surface area is 40.5 Å². The van der Waals surface area contributed by atoms with Crippen LogP contribution in [0.1, 0.15) is 0 Å². The van der Waals surface area contributed by atoms with Crippen molar-refractivity contribution in [1.82, 2.24) is 0 Å². The fourth-order valence-electron chi connectivity index (χ4n) is 0.116. The van der Waals surface area contributed by atoms with Gasteiger partial charge >= 0.3 is 0 Å². The summed E-state index contributed by atoms with van der Waals surface area (Å²) in [7, 11) is 0. The number of rotatable bonds is 2. The van der Waals surface area contributed by atoms with E-state index in [-0.39, 0.29) is 6.54 Å². The summed E-state index contributed by atoms with van der Waals surface area (Å²) < 4.78 is 11.7. The largest absolute Gasteiger partial charge is 0.367 e. The predicted octanol–water partition coefficient (Wildman–Crippen LogP) is -1.23. The van der Waals surface area contributed by atoms with Gasteiger partial charge in [0.25, 0.3) is 5.91 Å². The summed E-state index contributed by atoms with van der Waals surface area (Å²) in [6.07, 6.45) is -1.68. The number of hydrogen-bond donors (Lipinski definition) is 2. The van der Waals surface area contributed by atoms with Gasteiger partial charge in [0.15, 0.2) is 6.17 Å². The van der Waals surface area contributed by atoms with Gasteiger partial charge in [-0.3, -0.25) is 4.79 Å². The number of halogens is 1. The van der Waals surface area contributed by atoms with E-state index in [2.05, 4.69) is 5.73 Å². The van der Waals surface area contributed by atoms with Gasteiger partial charge in [0.05, 0.1) is 0 Å². The lowest BCUT2D eigenvalue weighted by Crippen LogP contribution is -2.31. The van der Waals surface area contributed by atoms with Crippen molar-refractivity contribution in [2.45, 2.75) is 6.17 Å². The topological polar surface area (TPSA) is 69.1 Å². The SMILES string of the molecule is NCC(F)C(N)=O. The first kappa shape index (κ1) is 6.36. The number of primary amides is 1. The van der Waals surface area contributed by atoms with Crippen LogP contribution in [0.5, 0.6) is 0 Å². The molecule has 3 nitrogen and oxygen atoms in total. The predicted molar refractivity (Wildman–Crippen MR) is 23.1 cm³/mol. The molecule has 0 aromatic carbocycles. The van der Waals surface area contributed by atoms with Crippen molar-refractivity contribution >= 4 is 5.91 Å². The van der Waals surface area contributed by atoms with Gasteiger partial charge in [0.2, 0.25) is 0 Å². The maximum Gasteiger partial charge on any atom is 0.253 e. The molecule has 0 aliphatic carbocycles. The van der Waals surface area contributed by atoms with E-state index in [0.717, 1.165) is 0 Å². The molecule has 4 heteroatoms. The Balaban J connectivity index is 3.34. The average Bonchev–Trinajstić information content (AvgIpc) is 1.65. The smallest absolute Gasteiger partial charge is 0.253 e. The first-order valence-electron chi connectivity index (χ1n) is 1.82. The van der Waals surface area contributed by atoms with Gasteiger partial charge in [-0.25, -0.2) is 4.39 Å². The highest BCUT2D eigenvalue weighted by Gasteiger charge is 2.08. The molecule has 4 N–H and O–H groups in total. The molecule has 0 aliphatic heterocycles. The third-order valence-electron chi connectivity index (χ3n) is 0.516. The van der Waals surface area contributed by atoms with Crippen LogP contribution >= 0.6 is 0 Å². The molecule has 0 bridgehead atoms. The Morgan fingerprint density at radius 2 is 2.29 bits per heavy atom. The monoisotopic (exact) mass is 106 g/mol. The van der Waals surface area contributed by atoms with Crippen LogP contribution in [-0.2, 0) is 4.79 Å². The third kappa shape index (κ3) is 2.11. The van der Waals surface area contributed by atoms with Crippen molar-refractivity contribution < 1.29 is 9.18 Å². The fourth-order valence-corrected chi connectivity index (χ4v) is 0.116. The minimum Gasteiger partial charge on any atom is -0.367 e. The lowest BCUT2D eigenvalue weighted by atomic mass is 10.4. The molecule has 1 unspecified atom stereocenters. The minimum absolute atomic E-state index is 0.324. The highest BCUT2D eigenvalue weighted by molar-refractivity contribution is 5.78. The van der Waals surface area contributed by atoms with E-state index in [0.29, 0.717) is 0 Å². The van der Waals surface area contributed by atoms with Crippen LogP contribution < -0.4 is 11.5 Å². The molecular formula is C3H7FN2O. The Morgan fingerprint density at radius 3 is 2.29 bits per heavy atom. The highest BCUT2D eigenvalue weighted by Crippen LogP contribution is 1.81. The summed E-state index contributed by atoms with van der Waals surface area (Å²) in [5.41, 5.74) is 9.15. The molecule has 1 atom stereocenters. The number of carbonyl (C=O) groups is 1. The quantitative estimate of drug-likeness (QED) is 0.462. The van der Waals surface area contributed by atoms with Crippen molar-refractivity contribution in [3.05, 3.63) is 0 Å². The molecule has 0 rings (SSSR count). The summed E-state index contributed by atoms with van der Waals surface area (Å²) >= 11 is 0. The maximum absolute atomic E-state index is 11.7. The average molecular weight is 106 g/mol. The Kier molecular flexibility index (Phi) is 2.29. The zero-order chi connectivity index (χ0) is 5.86. The number of carbonyl (C=O) groups excluding carboxylic acids is 1. The van der Waals surface area contributed by atoms with Gasteiger partial charge in [-0.05, 0) is 0 Å². The van der Waals surface area contributed by atoms with E-state index in [1.165, 1.54) is 0 Å². The normalized spacial score (nSPS) is 13.4. The van der Waals surface area contributed by atoms with Gasteiger partial charge in [0.1, 0.15) is 0 Å². The van der Waals surface area contributed by atoms with Crippen molar-refractivity contribution in [2.24, 2.45) is 11.5 Å². The summed E-state index contributed by atoms with van der Waals surface area (Å²) in [6, 6.07) is 0. The van der Waals surface area contributed by atoms with E-state index in [1.54, 1.807) is 0 Å². The summed E-state index contributed by atoms with van der Waals surface area (Å²) in [5.74, 6) is -0.998. The lowest BCUT2D eigenvalue weighted by molar-refractivity contribution is -0.122.